The highest BCUT2D eigenvalue weighted by atomic mass is 32.2. The average molecular weight is 994 g/mol. The van der Waals surface area contributed by atoms with Crippen molar-refractivity contribution in [3.8, 4) is 11.5 Å². The summed E-state index contributed by atoms with van der Waals surface area (Å²) in [5.74, 6) is -1.48. The van der Waals surface area contributed by atoms with Crippen molar-refractivity contribution >= 4 is 59.3 Å². The van der Waals surface area contributed by atoms with Gasteiger partial charge in [-0.3, -0.25) is 19.8 Å². The van der Waals surface area contributed by atoms with Gasteiger partial charge in [-0.15, -0.1) is 0 Å². The molecule has 1 unspecified atom stereocenters. The molecule has 2 aliphatic heterocycles. The maximum atomic E-state index is 14.1. The number of aryl methyl sites for hydroxylation is 1. The van der Waals surface area contributed by atoms with Crippen LogP contribution in [-0.4, -0.2) is 124 Å². The number of fused-ring (bicyclic) bond motifs is 1. The van der Waals surface area contributed by atoms with Crippen LogP contribution in [0.5, 0.6) is 11.5 Å². The van der Waals surface area contributed by atoms with Crippen LogP contribution in [0.25, 0.3) is 16.6 Å². The Morgan fingerprint density at radius 1 is 1.01 bits per heavy atom. The van der Waals surface area contributed by atoms with E-state index in [2.05, 4.69) is 38.9 Å². The number of piperazine rings is 1. The first-order valence-electron chi connectivity index (χ1n) is 22.5. The zero-order chi connectivity index (χ0) is 49.5. The van der Waals surface area contributed by atoms with E-state index >= 15 is 0 Å². The molecule has 21 heteroatoms. The van der Waals surface area contributed by atoms with Crippen LogP contribution in [0.15, 0.2) is 89.6 Å². The summed E-state index contributed by atoms with van der Waals surface area (Å²) in [6.07, 6.45) is 2.39. The van der Waals surface area contributed by atoms with Gasteiger partial charge in [0.1, 0.15) is 28.6 Å². The van der Waals surface area contributed by atoms with E-state index in [0.29, 0.717) is 49.7 Å². The van der Waals surface area contributed by atoms with E-state index in [0.717, 1.165) is 59.9 Å². The smallest absolute Gasteiger partial charge is 0.416 e. The Balaban J connectivity index is 1.00. The molecule has 2 aromatic heterocycles. The quantitative estimate of drug-likeness (QED) is 0.0580. The van der Waals surface area contributed by atoms with E-state index < -0.39 is 64.7 Å². The van der Waals surface area contributed by atoms with Crippen LogP contribution >= 0.6 is 0 Å². The van der Waals surface area contributed by atoms with Crippen LogP contribution in [0.1, 0.15) is 60.2 Å². The summed E-state index contributed by atoms with van der Waals surface area (Å²) in [7, 11) is -8.07. The third-order valence-electron chi connectivity index (χ3n) is 13.1. The summed E-state index contributed by atoms with van der Waals surface area (Å²) in [6, 6.07) is 15.0. The number of H-pyrrole nitrogens is 1. The number of benzene rings is 3. The number of sulfone groups is 1. The largest absolute Gasteiger partial charge is 0.455 e. The molecule has 2 saturated heterocycles. The molecule has 0 saturated carbocycles. The van der Waals surface area contributed by atoms with Crippen LogP contribution in [-0.2, 0) is 30.8 Å². The molecule has 1 atom stereocenters. The summed E-state index contributed by atoms with van der Waals surface area (Å²) in [6.45, 7) is 9.64. The predicted molar refractivity (Wildman–Crippen MR) is 256 cm³/mol. The molecule has 2 fully saturated rings. The van der Waals surface area contributed by atoms with Crippen molar-refractivity contribution in [3.05, 3.63) is 117 Å². The van der Waals surface area contributed by atoms with Gasteiger partial charge in [-0.25, -0.2) is 21.8 Å². The number of aromatic amines is 1. The zero-order valence-corrected chi connectivity index (χ0v) is 40.3. The number of carbonyl (C=O) groups is 1. The minimum atomic E-state index is -4.47. The van der Waals surface area contributed by atoms with Gasteiger partial charge >= 0.3 is 6.18 Å². The normalized spacial score (nSPS) is 18.7. The Hall–Kier alpha value is -5.87. The number of anilines is 2. The van der Waals surface area contributed by atoms with Crippen LogP contribution in [0.4, 0.5) is 30.2 Å². The minimum Gasteiger partial charge on any atom is -0.455 e. The summed E-state index contributed by atoms with van der Waals surface area (Å²) in [4.78, 5) is 37.0. The SMILES string of the molecule is Cc1cc(C(F)(F)F)ccc1C1=C(CN2CCN(c3ccc(C(=O)CS(=O)(=O)c4ccc(NCC5COCCN5S(C)(=O)=O)c([N+](=O)[O-])c4)c(Oc4cnc5[nH]ccc5c4)c3)CC2)CCC(C)(C)C1. The Morgan fingerprint density at radius 3 is 2.49 bits per heavy atom. The van der Waals surface area contributed by atoms with Crippen molar-refractivity contribution in [2.75, 3.05) is 81.3 Å². The Labute approximate surface area is 398 Å². The predicted octanol–water partition coefficient (Wildman–Crippen LogP) is 8.11. The number of nitro groups is 1. The lowest BCUT2D eigenvalue weighted by Gasteiger charge is -2.39. The van der Waals surface area contributed by atoms with E-state index in [1.165, 1.54) is 40.3 Å². The maximum Gasteiger partial charge on any atom is 0.416 e. The van der Waals surface area contributed by atoms with Crippen LogP contribution in [0.3, 0.4) is 0 Å². The topological polar surface area (TPSA) is 197 Å². The van der Waals surface area contributed by atoms with Crippen LogP contribution in [0.2, 0.25) is 0 Å². The molecule has 69 heavy (non-hydrogen) atoms. The molecule has 5 aromatic rings. The number of allylic oxidation sites excluding steroid dienone is 1. The van der Waals surface area contributed by atoms with E-state index in [4.69, 9.17) is 9.47 Å². The molecule has 1 aliphatic carbocycles. The lowest BCUT2D eigenvalue weighted by molar-refractivity contribution is -0.384. The molecule has 4 heterocycles. The van der Waals surface area contributed by atoms with Gasteiger partial charge in [0.15, 0.2) is 15.6 Å². The standard InChI is InChI=1S/C48H54F3N7O9S2/c1-31-21-34(48(49,50)51)5-8-39(31)41-25-47(2,3)13-11-33(41)28-55-15-17-56(18-16-55)35-6-9-40(45(23-35)67-37-22-32-12-14-52-46(32)54-27-37)44(59)30-69(64,65)38-7-10-42(43(24-38)58(60)61)53-26-36-29-66-20-19-57(36)68(4,62)63/h5-10,12,14,21-24,27,36,53H,11,13,15-20,25-26,28-30H2,1-4H3,(H,52,54). The Morgan fingerprint density at radius 2 is 1.78 bits per heavy atom. The summed E-state index contributed by atoms with van der Waals surface area (Å²) in [5.41, 5.74) is 3.78. The molecule has 3 aromatic carbocycles. The number of nitrogens with one attached hydrogen (secondary N) is 2. The molecule has 0 amide bonds. The number of ether oxygens (including phenoxy) is 2. The second-order valence-corrected chi connectivity index (χ2v) is 22.6. The first-order chi connectivity index (χ1) is 32.5. The van der Waals surface area contributed by atoms with E-state index in [9.17, 15) is 44.9 Å². The molecule has 8 rings (SSSR count). The van der Waals surface area contributed by atoms with E-state index in [1.54, 1.807) is 43.5 Å². The lowest BCUT2D eigenvalue weighted by atomic mass is 9.72. The van der Waals surface area contributed by atoms with Gasteiger partial charge in [-0.2, -0.15) is 17.5 Å². The fourth-order valence-electron chi connectivity index (χ4n) is 9.33. The lowest BCUT2D eigenvalue weighted by Crippen LogP contribution is -2.51. The summed E-state index contributed by atoms with van der Waals surface area (Å²) in [5, 5.41) is 15.8. The zero-order valence-electron chi connectivity index (χ0n) is 38.6. The van der Waals surface area contributed by atoms with Crippen molar-refractivity contribution in [1.29, 1.82) is 0 Å². The molecular weight excluding hydrogens is 940 g/mol. The molecular formula is C48H54F3N7O9S2. The third-order valence-corrected chi connectivity index (χ3v) is 16.0. The van der Waals surface area contributed by atoms with Crippen LogP contribution < -0.4 is 15.0 Å². The number of rotatable bonds is 15. The number of pyridine rings is 1. The second-order valence-electron chi connectivity index (χ2n) is 18.7. The number of aromatic nitrogens is 2. The fourth-order valence-corrected chi connectivity index (χ4v) is 11.7. The highest BCUT2D eigenvalue weighted by Gasteiger charge is 2.35. The van der Waals surface area contributed by atoms with Gasteiger partial charge in [0, 0.05) is 75.2 Å². The number of ketones is 1. The highest BCUT2D eigenvalue weighted by Crippen LogP contribution is 2.45. The number of alkyl halides is 3. The first-order valence-corrected chi connectivity index (χ1v) is 26.0. The van der Waals surface area contributed by atoms with Crippen LogP contribution in [0, 0.1) is 22.5 Å². The van der Waals surface area contributed by atoms with Crippen molar-refractivity contribution < 1.29 is 49.2 Å². The van der Waals surface area contributed by atoms with Gasteiger partial charge in [0.2, 0.25) is 10.0 Å². The number of morpholine rings is 1. The number of nitro benzene ring substituents is 1. The number of halogens is 3. The van der Waals surface area contributed by atoms with Gasteiger partial charge in [0.05, 0.1) is 52.7 Å². The fraction of sp³-hybridized carbons (Fsp3) is 0.417. The number of Topliss-reactive ketones (excluding diaryl/α,β-unsaturated/α-hetero) is 1. The monoisotopic (exact) mass is 993 g/mol. The third kappa shape index (κ3) is 11.4. The number of hydrogen-bond acceptors (Lipinski definition) is 13. The summed E-state index contributed by atoms with van der Waals surface area (Å²) >= 11 is 0. The maximum absolute atomic E-state index is 14.1. The van der Waals surface area contributed by atoms with E-state index in [-0.39, 0.29) is 48.7 Å². The number of carbonyl (C=O) groups excluding carboxylic acids is 1. The first kappa shape index (κ1) is 49.5. The Bertz CT molecular complexity index is 3040. The Kier molecular flexibility index (Phi) is 14.0. The van der Waals surface area contributed by atoms with Gasteiger partial charge in [-0.1, -0.05) is 25.5 Å². The average Bonchev–Trinajstić information content (AvgIpc) is 3.76. The summed E-state index contributed by atoms with van der Waals surface area (Å²) < 4.78 is 106. The number of hydrogen-bond donors (Lipinski definition) is 2. The molecule has 0 spiro atoms. The van der Waals surface area contributed by atoms with Crippen molar-refractivity contribution in [2.45, 2.75) is 57.1 Å². The van der Waals surface area contributed by atoms with Gasteiger partial charge in [-0.05, 0) is 96.8 Å². The number of sulfonamides is 1. The molecule has 368 valence electrons. The van der Waals surface area contributed by atoms with Gasteiger partial charge < -0.3 is 24.7 Å². The molecule has 0 bridgehead atoms. The second kappa shape index (κ2) is 19.5. The number of nitrogens with zero attached hydrogens (tertiary/aromatic N) is 5. The van der Waals surface area contributed by atoms with E-state index in [1.807, 2.05) is 0 Å². The van der Waals surface area contributed by atoms with Crippen molar-refractivity contribution in [3.63, 3.8) is 0 Å². The highest BCUT2D eigenvalue weighted by molar-refractivity contribution is 7.92. The minimum absolute atomic E-state index is 0.00263. The molecule has 2 N–H and O–H groups in total. The molecule has 3 aliphatic rings. The van der Waals surface area contributed by atoms with Crippen molar-refractivity contribution in [2.24, 2.45) is 5.41 Å². The van der Waals surface area contributed by atoms with Gasteiger partial charge in [0.25, 0.3) is 5.69 Å². The van der Waals surface area contributed by atoms with Crippen molar-refractivity contribution in [1.82, 2.24) is 19.2 Å². The molecule has 0 radical (unpaired) electrons. The molecule has 16 nitrogen and oxygen atoms in total.